The van der Waals surface area contributed by atoms with Crippen LogP contribution < -0.4 is 4.74 Å². The summed E-state index contributed by atoms with van der Waals surface area (Å²) in [6, 6.07) is 3.14. The van der Waals surface area contributed by atoms with Crippen molar-refractivity contribution in [2.45, 2.75) is 13.1 Å². The van der Waals surface area contributed by atoms with Crippen LogP contribution in [-0.4, -0.2) is 23.7 Å². The van der Waals surface area contributed by atoms with Gasteiger partial charge in [-0.05, 0) is 25.1 Å². The molecule has 1 N–H and O–H groups in total. The molecule has 88 valence electrons. The number of rotatable bonds is 3. The monoisotopic (exact) mass is 234 g/mol. The molecule has 1 aromatic rings. The van der Waals surface area contributed by atoms with E-state index in [9.17, 15) is 18.0 Å². The van der Waals surface area contributed by atoms with Gasteiger partial charge in [0.1, 0.15) is 11.5 Å². The highest BCUT2D eigenvalue weighted by atomic mass is 19.4. The second-order valence-corrected chi connectivity index (χ2v) is 2.94. The molecule has 0 saturated carbocycles. The molecule has 16 heavy (non-hydrogen) atoms. The zero-order valence-electron chi connectivity index (χ0n) is 8.34. The van der Waals surface area contributed by atoms with Crippen molar-refractivity contribution in [1.82, 2.24) is 0 Å². The number of benzene rings is 1. The number of ether oxygens (including phenoxy) is 1. The largest absolute Gasteiger partial charge is 0.507 e. The van der Waals surface area contributed by atoms with E-state index in [4.69, 9.17) is 9.84 Å². The van der Waals surface area contributed by atoms with E-state index in [1.165, 1.54) is 6.07 Å². The molecule has 0 atom stereocenters. The molecule has 0 aliphatic carbocycles. The first kappa shape index (κ1) is 12.4. The Balaban J connectivity index is 3.12. The summed E-state index contributed by atoms with van der Waals surface area (Å²) in [4.78, 5) is 10.9. The predicted molar refractivity (Wildman–Crippen MR) is 49.7 cm³/mol. The normalized spacial score (nSPS) is 11.2. The highest BCUT2D eigenvalue weighted by Crippen LogP contribution is 2.29. The second kappa shape index (κ2) is 4.42. The van der Waals surface area contributed by atoms with Gasteiger partial charge in [-0.25, -0.2) is 0 Å². The van der Waals surface area contributed by atoms with Crippen LogP contribution in [0.1, 0.15) is 17.3 Å². The first-order chi connectivity index (χ1) is 7.36. The van der Waals surface area contributed by atoms with Crippen molar-refractivity contribution in [2.24, 2.45) is 0 Å². The molecule has 0 aliphatic heterocycles. The number of carbonyl (C=O) groups excluding carboxylic acids is 1. The molecule has 0 aliphatic rings. The molecular formula is C10H9F3O3. The Hall–Kier alpha value is -1.72. The number of alkyl halides is 3. The Labute approximate surface area is 89.5 Å². The molecule has 0 fully saturated rings. The molecule has 0 amide bonds. The number of aromatic hydroxyl groups is 1. The first-order valence-corrected chi connectivity index (χ1v) is 4.43. The van der Waals surface area contributed by atoms with Crippen LogP contribution in [-0.2, 0) is 0 Å². The summed E-state index contributed by atoms with van der Waals surface area (Å²) in [7, 11) is 0. The van der Waals surface area contributed by atoms with Crippen LogP contribution in [0.2, 0.25) is 0 Å². The SMILES string of the molecule is CCOc1ccc(O)c(C(=O)C(F)(F)F)c1. The van der Waals surface area contributed by atoms with Crippen LogP contribution in [0.5, 0.6) is 11.5 Å². The summed E-state index contributed by atoms with van der Waals surface area (Å²) in [5.74, 6) is -2.70. The molecule has 6 heteroatoms. The van der Waals surface area contributed by atoms with E-state index in [1.807, 2.05) is 0 Å². The molecule has 0 aromatic heterocycles. The van der Waals surface area contributed by atoms with Crippen LogP contribution in [0, 0.1) is 0 Å². The van der Waals surface area contributed by atoms with Crippen molar-refractivity contribution in [1.29, 1.82) is 0 Å². The maximum Gasteiger partial charge on any atom is 0.455 e. The zero-order valence-corrected chi connectivity index (χ0v) is 8.34. The van der Waals surface area contributed by atoms with E-state index in [2.05, 4.69) is 0 Å². The van der Waals surface area contributed by atoms with Gasteiger partial charge < -0.3 is 9.84 Å². The Morgan fingerprint density at radius 3 is 2.56 bits per heavy atom. The van der Waals surface area contributed by atoms with Gasteiger partial charge in [-0.15, -0.1) is 0 Å². The van der Waals surface area contributed by atoms with Crippen molar-refractivity contribution in [3.05, 3.63) is 23.8 Å². The van der Waals surface area contributed by atoms with E-state index in [0.29, 0.717) is 0 Å². The van der Waals surface area contributed by atoms with E-state index in [0.717, 1.165) is 12.1 Å². The Morgan fingerprint density at radius 1 is 1.44 bits per heavy atom. The summed E-state index contributed by atoms with van der Waals surface area (Å²) in [6.07, 6.45) is -5.01. The van der Waals surface area contributed by atoms with Gasteiger partial charge in [0.15, 0.2) is 0 Å². The minimum Gasteiger partial charge on any atom is -0.507 e. The molecule has 3 nitrogen and oxygen atoms in total. The van der Waals surface area contributed by atoms with Crippen LogP contribution in [0.15, 0.2) is 18.2 Å². The number of halogens is 3. The number of hydrogen-bond acceptors (Lipinski definition) is 3. The summed E-state index contributed by atoms with van der Waals surface area (Å²) in [5, 5.41) is 9.16. The zero-order chi connectivity index (χ0) is 12.3. The fraction of sp³-hybridized carbons (Fsp3) is 0.300. The average molecular weight is 234 g/mol. The van der Waals surface area contributed by atoms with Crippen molar-refractivity contribution < 1.29 is 27.8 Å². The molecule has 0 heterocycles. The molecule has 1 rings (SSSR count). The summed E-state index contributed by atoms with van der Waals surface area (Å²) in [6.45, 7) is 1.91. The van der Waals surface area contributed by atoms with Crippen LogP contribution >= 0.6 is 0 Å². The lowest BCUT2D eigenvalue weighted by Crippen LogP contribution is -2.22. The average Bonchev–Trinajstić information content (AvgIpc) is 2.19. The van der Waals surface area contributed by atoms with Gasteiger partial charge in [0, 0.05) is 0 Å². The highest BCUT2D eigenvalue weighted by Gasteiger charge is 2.40. The van der Waals surface area contributed by atoms with Crippen LogP contribution in [0.4, 0.5) is 13.2 Å². The van der Waals surface area contributed by atoms with Gasteiger partial charge in [-0.2, -0.15) is 13.2 Å². The number of phenols is 1. The van der Waals surface area contributed by atoms with Gasteiger partial charge in [-0.1, -0.05) is 0 Å². The number of Topliss-reactive ketones (excluding diaryl/α,β-unsaturated/α-hetero) is 1. The number of phenolic OH excluding ortho intramolecular Hbond substituents is 1. The summed E-state index contributed by atoms with van der Waals surface area (Å²) >= 11 is 0. The van der Waals surface area contributed by atoms with Gasteiger partial charge in [0.05, 0.1) is 12.2 Å². The lowest BCUT2D eigenvalue weighted by Gasteiger charge is -2.09. The van der Waals surface area contributed by atoms with E-state index >= 15 is 0 Å². The third-order valence-electron chi connectivity index (χ3n) is 1.78. The summed E-state index contributed by atoms with van der Waals surface area (Å²) in [5.41, 5.74) is -0.807. The van der Waals surface area contributed by atoms with E-state index in [1.54, 1.807) is 6.92 Å². The van der Waals surface area contributed by atoms with Crippen molar-refractivity contribution in [3.8, 4) is 11.5 Å². The van der Waals surface area contributed by atoms with E-state index in [-0.39, 0.29) is 12.4 Å². The number of hydrogen-bond donors (Lipinski definition) is 1. The molecular weight excluding hydrogens is 225 g/mol. The lowest BCUT2D eigenvalue weighted by molar-refractivity contribution is -0.0886. The minimum atomic E-state index is -5.01. The molecule has 0 radical (unpaired) electrons. The highest BCUT2D eigenvalue weighted by molar-refractivity contribution is 6.02. The molecule has 0 bridgehead atoms. The Bertz CT molecular complexity index is 399. The van der Waals surface area contributed by atoms with Crippen molar-refractivity contribution in [2.75, 3.05) is 6.61 Å². The van der Waals surface area contributed by atoms with Gasteiger partial charge in [0.25, 0.3) is 5.78 Å². The van der Waals surface area contributed by atoms with Crippen molar-refractivity contribution >= 4 is 5.78 Å². The third-order valence-corrected chi connectivity index (χ3v) is 1.78. The Kier molecular flexibility index (Phi) is 3.41. The molecule has 1 aromatic carbocycles. The molecule has 0 unspecified atom stereocenters. The van der Waals surface area contributed by atoms with Crippen LogP contribution in [0.25, 0.3) is 0 Å². The van der Waals surface area contributed by atoms with Crippen LogP contribution in [0.3, 0.4) is 0 Å². The number of ketones is 1. The van der Waals surface area contributed by atoms with Gasteiger partial charge >= 0.3 is 6.18 Å². The second-order valence-electron chi connectivity index (χ2n) is 2.94. The quantitative estimate of drug-likeness (QED) is 0.817. The van der Waals surface area contributed by atoms with Gasteiger partial charge in [-0.3, -0.25) is 4.79 Å². The maximum atomic E-state index is 12.1. The third kappa shape index (κ3) is 2.65. The minimum absolute atomic E-state index is 0.105. The first-order valence-electron chi connectivity index (χ1n) is 4.43. The lowest BCUT2D eigenvalue weighted by atomic mass is 10.1. The van der Waals surface area contributed by atoms with Crippen molar-refractivity contribution in [3.63, 3.8) is 0 Å². The standard InChI is InChI=1S/C10H9F3O3/c1-2-16-6-3-4-8(14)7(5-6)9(15)10(11,12)13/h3-5,14H,2H2,1H3. The Morgan fingerprint density at radius 2 is 2.06 bits per heavy atom. The smallest absolute Gasteiger partial charge is 0.455 e. The van der Waals surface area contributed by atoms with E-state index < -0.39 is 23.3 Å². The fourth-order valence-electron chi connectivity index (χ4n) is 1.11. The fourth-order valence-corrected chi connectivity index (χ4v) is 1.11. The van der Waals surface area contributed by atoms with Gasteiger partial charge in [0.2, 0.25) is 0 Å². The molecule has 0 saturated heterocycles. The topological polar surface area (TPSA) is 46.5 Å². The maximum absolute atomic E-state index is 12.1. The predicted octanol–water partition coefficient (Wildman–Crippen LogP) is 2.54. The summed E-state index contributed by atoms with van der Waals surface area (Å²) < 4.78 is 41.3. The number of carbonyl (C=O) groups is 1. The molecule has 0 spiro atoms.